The van der Waals surface area contributed by atoms with Crippen LogP contribution >= 0.6 is 11.3 Å². The molecule has 1 saturated heterocycles. The Labute approximate surface area is 161 Å². The lowest BCUT2D eigenvalue weighted by atomic mass is 10.1. The van der Waals surface area contributed by atoms with Gasteiger partial charge in [0.2, 0.25) is 0 Å². The molecule has 4 rings (SSSR count). The fraction of sp³-hybridized carbons (Fsp3) is 0.263. The molecule has 1 aliphatic heterocycles. The predicted molar refractivity (Wildman–Crippen MR) is 103 cm³/mol. The second kappa shape index (κ2) is 7.28. The van der Waals surface area contributed by atoms with Gasteiger partial charge in [-0.25, -0.2) is 8.42 Å². The van der Waals surface area contributed by atoms with Crippen LogP contribution in [0.2, 0.25) is 0 Å². The molecule has 0 unspecified atom stereocenters. The van der Waals surface area contributed by atoms with Crippen molar-refractivity contribution >= 4 is 27.1 Å². The first-order valence-electron chi connectivity index (χ1n) is 8.58. The molecule has 0 N–H and O–H groups in total. The van der Waals surface area contributed by atoms with Crippen molar-refractivity contribution in [2.75, 3.05) is 11.5 Å². The smallest absolute Gasteiger partial charge is 0.276 e. The van der Waals surface area contributed by atoms with Crippen molar-refractivity contribution in [3.05, 3.63) is 64.5 Å². The van der Waals surface area contributed by atoms with Crippen LogP contribution in [0.5, 0.6) is 0 Å². The number of carbonyl (C=O) groups excluding carboxylic acids is 1. The van der Waals surface area contributed by atoms with Gasteiger partial charge in [-0.15, -0.1) is 11.3 Å². The van der Waals surface area contributed by atoms with Gasteiger partial charge >= 0.3 is 0 Å². The third-order valence-corrected chi connectivity index (χ3v) is 7.22. The Kier molecular flexibility index (Phi) is 4.84. The van der Waals surface area contributed by atoms with Gasteiger partial charge in [0, 0.05) is 22.5 Å². The lowest BCUT2D eigenvalue weighted by Gasteiger charge is -2.26. The van der Waals surface area contributed by atoms with Gasteiger partial charge in [0.1, 0.15) is 0 Å². The molecular weight excluding hydrogens is 384 g/mol. The molecule has 3 heterocycles. The highest BCUT2D eigenvalue weighted by Gasteiger charge is 2.36. The number of aromatic nitrogens is 1. The molecule has 0 radical (unpaired) electrons. The maximum atomic E-state index is 13.1. The Balaban J connectivity index is 1.61. The second-order valence-corrected chi connectivity index (χ2v) is 9.77. The van der Waals surface area contributed by atoms with Gasteiger partial charge < -0.3 is 9.42 Å². The first-order chi connectivity index (χ1) is 13.0. The van der Waals surface area contributed by atoms with Crippen LogP contribution in [-0.2, 0) is 16.4 Å². The zero-order valence-corrected chi connectivity index (χ0v) is 16.1. The van der Waals surface area contributed by atoms with Gasteiger partial charge in [-0.2, -0.15) is 0 Å². The topological polar surface area (TPSA) is 80.5 Å². The van der Waals surface area contributed by atoms with Crippen molar-refractivity contribution in [1.29, 1.82) is 0 Å². The van der Waals surface area contributed by atoms with Gasteiger partial charge in [0.05, 0.1) is 18.1 Å². The summed E-state index contributed by atoms with van der Waals surface area (Å²) in [4.78, 5) is 15.7. The molecule has 0 spiro atoms. The third kappa shape index (κ3) is 3.96. The van der Waals surface area contributed by atoms with Crippen LogP contribution in [0.3, 0.4) is 0 Å². The van der Waals surface area contributed by atoms with E-state index in [1.807, 2.05) is 47.8 Å². The van der Waals surface area contributed by atoms with Crippen LogP contribution in [-0.4, -0.2) is 41.9 Å². The predicted octanol–water partition coefficient (Wildman–Crippen LogP) is 3.23. The summed E-state index contributed by atoms with van der Waals surface area (Å²) in [5.41, 5.74) is 1.02. The third-order valence-electron chi connectivity index (χ3n) is 4.60. The molecule has 1 fully saturated rings. The number of benzene rings is 1. The van der Waals surface area contributed by atoms with Gasteiger partial charge in [0.25, 0.3) is 5.91 Å². The molecule has 8 heteroatoms. The number of hydrogen-bond acceptors (Lipinski definition) is 6. The number of rotatable bonds is 5. The normalized spacial score (nSPS) is 18.4. The highest BCUT2D eigenvalue weighted by Crippen LogP contribution is 2.25. The highest BCUT2D eigenvalue weighted by atomic mass is 32.2. The van der Waals surface area contributed by atoms with E-state index in [0.29, 0.717) is 18.7 Å². The molecule has 27 heavy (non-hydrogen) atoms. The van der Waals surface area contributed by atoms with Crippen molar-refractivity contribution in [3.63, 3.8) is 0 Å². The van der Waals surface area contributed by atoms with Crippen LogP contribution in [0.25, 0.3) is 11.3 Å². The standard InChI is InChI=1S/C19H18N2O4S2/c22-19(17-11-18(25-20-17)14-5-2-1-3-6-14)21(12-16-7-4-9-26-16)15-8-10-27(23,24)13-15/h1-7,9,11,15H,8,10,12-13H2/t15-/m0/s1. The summed E-state index contributed by atoms with van der Waals surface area (Å²) in [6.45, 7) is 0.365. The lowest BCUT2D eigenvalue weighted by molar-refractivity contribution is 0.0672. The summed E-state index contributed by atoms with van der Waals surface area (Å²) in [6, 6.07) is 14.5. The molecular formula is C19H18N2O4S2. The Hall–Kier alpha value is -2.45. The van der Waals surface area contributed by atoms with Crippen molar-refractivity contribution in [3.8, 4) is 11.3 Å². The number of carbonyl (C=O) groups is 1. The zero-order chi connectivity index (χ0) is 18.9. The first kappa shape index (κ1) is 17.9. The number of amides is 1. The lowest BCUT2D eigenvalue weighted by Crippen LogP contribution is -2.40. The van der Waals surface area contributed by atoms with Crippen LogP contribution < -0.4 is 0 Å². The number of hydrogen-bond donors (Lipinski definition) is 0. The minimum Gasteiger partial charge on any atom is -0.355 e. The van der Waals surface area contributed by atoms with Crippen LogP contribution in [0, 0.1) is 0 Å². The van der Waals surface area contributed by atoms with E-state index in [1.165, 1.54) is 11.3 Å². The minimum atomic E-state index is -3.11. The summed E-state index contributed by atoms with van der Waals surface area (Å²) in [5, 5.41) is 5.88. The van der Waals surface area contributed by atoms with Gasteiger partial charge in [-0.05, 0) is 17.9 Å². The number of thiophene rings is 1. The molecule has 2 aromatic heterocycles. The number of nitrogens with zero attached hydrogens (tertiary/aromatic N) is 2. The molecule has 1 aromatic carbocycles. The van der Waals surface area contributed by atoms with Crippen molar-refractivity contribution in [2.45, 2.75) is 19.0 Å². The van der Waals surface area contributed by atoms with Crippen LogP contribution in [0.4, 0.5) is 0 Å². The monoisotopic (exact) mass is 402 g/mol. The van der Waals surface area contributed by atoms with Crippen molar-refractivity contribution < 1.29 is 17.7 Å². The molecule has 1 aliphatic rings. The van der Waals surface area contributed by atoms with E-state index in [4.69, 9.17) is 4.52 Å². The largest absolute Gasteiger partial charge is 0.355 e. The van der Waals surface area contributed by atoms with Gasteiger partial charge in [0.15, 0.2) is 21.3 Å². The van der Waals surface area contributed by atoms with Crippen LogP contribution in [0.1, 0.15) is 21.8 Å². The highest BCUT2D eigenvalue weighted by molar-refractivity contribution is 7.91. The molecule has 0 saturated carbocycles. The van der Waals surface area contributed by atoms with E-state index in [-0.39, 0.29) is 29.1 Å². The fourth-order valence-electron chi connectivity index (χ4n) is 3.22. The Morgan fingerprint density at radius 3 is 2.70 bits per heavy atom. The van der Waals surface area contributed by atoms with E-state index in [9.17, 15) is 13.2 Å². The number of sulfone groups is 1. The zero-order valence-electron chi connectivity index (χ0n) is 14.4. The summed E-state index contributed by atoms with van der Waals surface area (Å²) in [5.74, 6) is 0.304. The average Bonchev–Trinajstić information content (AvgIpc) is 3.41. The Morgan fingerprint density at radius 1 is 1.22 bits per heavy atom. The SMILES string of the molecule is O=C(c1cc(-c2ccccc2)on1)N(Cc1cccs1)[C@H]1CCS(=O)(=O)C1. The fourth-order valence-corrected chi connectivity index (χ4v) is 5.65. The van der Waals surface area contributed by atoms with Crippen molar-refractivity contribution in [1.82, 2.24) is 10.1 Å². The molecule has 6 nitrogen and oxygen atoms in total. The van der Waals surface area contributed by atoms with E-state index in [0.717, 1.165) is 10.4 Å². The van der Waals surface area contributed by atoms with E-state index >= 15 is 0 Å². The summed E-state index contributed by atoms with van der Waals surface area (Å²) in [6.07, 6.45) is 0.447. The van der Waals surface area contributed by atoms with Crippen LogP contribution in [0.15, 0.2) is 58.4 Å². The molecule has 140 valence electrons. The Bertz CT molecular complexity index is 1030. The second-order valence-electron chi connectivity index (χ2n) is 6.51. The molecule has 0 aliphatic carbocycles. The summed E-state index contributed by atoms with van der Waals surface area (Å²) in [7, 11) is -3.11. The van der Waals surface area contributed by atoms with E-state index in [1.54, 1.807) is 11.0 Å². The molecule has 0 bridgehead atoms. The van der Waals surface area contributed by atoms with E-state index < -0.39 is 9.84 Å². The van der Waals surface area contributed by atoms with E-state index in [2.05, 4.69) is 5.16 Å². The van der Waals surface area contributed by atoms with Gasteiger partial charge in [-0.1, -0.05) is 41.6 Å². The average molecular weight is 402 g/mol. The maximum absolute atomic E-state index is 13.1. The molecule has 1 amide bonds. The Morgan fingerprint density at radius 2 is 2.04 bits per heavy atom. The molecule has 1 atom stereocenters. The quantitative estimate of drug-likeness (QED) is 0.655. The summed E-state index contributed by atoms with van der Waals surface area (Å²) < 4.78 is 29.2. The summed E-state index contributed by atoms with van der Waals surface area (Å²) >= 11 is 1.54. The first-order valence-corrected chi connectivity index (χ1v) is 11.3. The maximum Gasteiger partial charge on any atom is 0.276 e. The van der Waals surface area contributed by atoms with Gasteiger partial charge in [-0.3, -0.25) is 4.79 Å². The minimum absolute atomic E-state index is 0.00644. The van der Waals surface area contributed by atoms with Crippen molar-refractivity contribution in [2.24, 2.45) is 0 Å². The molecule has 3 aromatic rings.